The van der Waals surface area contributed by atoms with Gasteiger partial charge in [0.15, 0.2) is 5.78 Å². The van der Waals surface area contributed by atoms with Crippen LogP contribution in [0.5, 0.6) is 5.75 Å². The number of halogens is 1. The van der Waals surface area contributed by atoms with Gasteiger partial charge in [-0.1, -0.05) is 34.1 Å². The van der Waals surface area contributed by atoms with Crippen molar-refractivity contribution in [2.75, 3.05) is 0 Å². The van der Waals surface area contributed by atoms with Gasteiger partial charge < -0.3 is 5.11 Å². The second-order valence-corrected chi connectivity index (χ2v) is 6.54. The fourth-order valence-corrected chi connectivity index (χ4v) is 3.73. The van der Waals surface area contributed by atoms with E-state index in [1.54, 1.807) is 25.1 Å². The Hall–Kier alpha value is -1.94. The van der Waals surface area contributed by atoms with E-state index in [0.29, 0.717) is 17.4 Å². The number of allylic oxidation sites excluding steroid dienone is 1. The number of fused-ring (bicyclic) bond motifs is 3. The standard InChI is InChI=1S/C18H15BrO3/c1-9(20)11-3-4-14-15(6-11)17(22)8-13-5-12(10(2)21)7-16(19)18(13)14/h3-4,6-8,12,22H,5H2,1-2H3. The van der Waals surface area contributed by atoms with Gasteiger partial charge in [-0.2, -0.15) is 0 Å². The van der Waals surface area contributed by atoms with Crippen LogP contribution in [0.4, 0.5) is 0 Å². The summed E-state index contributed by atoms with van der Waals surface area (Å²) < 4.78 is 0.856. The fourth-order valence-electron chi connectivity index (χ4n) is 2.94. The molecule has 1 aliphatic rings. The first-order chi connectivity index (χ1) is 10.4. The molecule has 0 saturated heterocycles. The molecule has 1 N–H and O–H groups in total. The average Bonchev–Trinajstić information content (AvgIpc) is 2.46. The van der Waals surface area contributed by atoms with Crippen molar-refractivity contribution in [3.63, 3.8) is 0 Å². The molecule has 1 unspecified atom stereocenters. The van der Waals surface area contributed by atoms with Crippen molar-refractivity contribution in [3.8, 4) is 5.75 Å². The lowest BCUT2D eigenvalue weighted by Gasteiger charge is -2.22. The van der Waals surface area contributed by atoms with E-state index >= 15 is 0 Å². The molecule has 3 rings (SSSR count). The Kier molecular flexibility index (Phi) is 3.65. The first-order valence-electron chi connectivity index (χ1n) is 7.06. The average molecular weight is 359 g/mol. The summed E-state index contributed by atoms with van der Waals surface area (Å²) >= 11 is 3.55. The number of aromatic hydroxyl groups is 1. The maximum Gasteiger partial charge on any atom is 0.159 e. The van der Waals surface area contributed by atoms with Gasteiger partial charge in [0.1, 0.15) is 11.5 Å². The molecule has 0 aliphatic heterocycles. The number of hydrogen-bond donors (Lipinski definition) is 1. The van der Waals surface area contributed by atoms with Crippen molar-refractivity contribution in [3.05, 3.63) is 47.0 Å². The van der Waals surface area contributed by atoms with Crippen molar-refractivity contribution in [2.24, 2.45) is 5.92 Å². The minimum atomic E-state index is -0.171. The second kappa shape index (κ2) is 5.36. The molecular formula is C18H15BrO3. The molecule has 2 aromatic rings. The fraction of sp³-hybridized carbons (Fsp3) is 0.222. The third kappa shape index (κ3) is 2.37. The van der Waals surface area contributed by atoms with Gasteiger partial charge in [-0.25, -0.2) is 0 Å². The molecule has 1 aliphatic carbocycles. The molecule has 0 aromatic heterocycles. The summed E-state index contributed by atoms with van der Waals surface area (Å²) in [7, 11) is 0. The quantitative estimate of drug-likeness (QED) is 0.816. The van der Waals surface area contributed by atoms with E-state index in [4.69, 9.17) is 0 Å². The summed E-state index contributed by atoms with van der Waals surface area (Å²) in [6.45, 7) is 3.08. The second-order valence-electron chi connectivity index (χ2n) is 5.68. The van der Waals surface area contributed by atoms with E-state index < -0.39 is 0 Å². The summed E-state index contributed by atoms with van der Waals surface area (Å²) in [5.41, 5.74) is 2.50. The number of Topliss-reactive ketones (excluding diaryl/α,β-unsaturated/α-hetero) is 2. The van der Waals surface area contributed by atoms with Crippen LogP contribution in [0.2, 0.25) is 0 Å². The minimum absolute atomic E-state index is 0.0368. The molecule has 0 radical (unpaired) electrons. The zero-order chi connectivity index (χ0) is 16.0. The maximum absolute atomic E-state index is 11.7. The summed E-state index contributed by atoms with van der Waals surface area (Å²) in [4.78, 5) is 23.2. The third-order valence-corrected chi connectivity index (χ3v) is 4.81. The summed E-state index contributed by atoms with van der Waals surface area (Å²) in [6, 6.07) is 7.03. The Balaban J connectivity index is 2.28. The lowest BCUT2D eigenvalue weighted by molar-refractivity contribution is -0.119. The molecular weight excluding hydrogens is 344 g/mol. The number of phenols is 1. The van der Waals surface area contributed by atoms with Gasteiger partial charge in [0.05, 0.1) is 0 Å². The van der Waals surface area contributed by atoms with Crippen LogP contribution < -0.4 is 0 Å². The zero-order valence-corrected chi connectivity index (χ0v) is 13.9. The van der Waals surface area contributed by atoms with Gasteiger partial charge >= 0.3 is 0 Å². The number of carbonyl (C=O) groups is 2. The van der Waals surface area contributed by atoms with Gasteiger partial charge in [0.25, 0.3) is 0 Å². The van der Waals surface area contributed by atoms with Crippen LogP contribution in [0.1, 0.15) is 35.3 Å². The zero-order valence-electron chi connectivity index (χ0n) is 12.3. The van der Waals surface area contributed by atoms with Crippen LogP contribution in [0.3, 0.4) is 0 Å². The van der Waals surface area contributed by atoms with Gasteiger partial charge in [-0.05, 0) is 48.9 Å². The molecule has 0 spiro atoms. The molecule has 2 aromatic carbocycles. The topological polar surface area (TPSA) is 54.4 Å². The van der Waals surface area contributed by atoms with Gasteiger partial charge in [-0.15, -0.1) is 0 Å². The molecule has 1 atom stereocenters. The van der Waals surface area contributed by atoms with E-state index in [9.17, 15) is 14.7 Å². The molecule has 22 heavy (non-hydrogen) atoms. The number of rotatable bonds is 2. The molecule has 3 nitrogen and oxygen atoms in total. The largest absolute Gasteiger partial charge is 0.507 e. The van der Waals surface area contributed by atoms with Crippen LogP contribution in [-0.4, -0.2) is 16.7 Å². The van der Waals surface area contributed by atoms with Crippen molar-refractivity contribution in [2.45, 2.75) is 20.3 Å². The van der Waals surface area contributed by atoms with Gasteiger partial charge in [0, 0.05) is 21.3 Å². The Labute approximate surface area is 136 Å². The molecule has 0 bridgehead atoms. The maximum atomic E-state index is 11.7. The van der Waals surface area contributed by atoms with Crippen molar-refractivity contribution in [1.29, 1.82) is 0 Å². The Morgan fingerprint density at radius 3 is 2.55 bits per heavy atom. The highest BCUT2D eigenvalue weighted by Crippen LogP contribution is 2.41. The Morgan fingerprint density at radius 2 is 1.91 bits per heavy atom. The highest BCUT2D eigenvalue weighted by Gasteiger charge is 2.24. The number of phenolic OH excluding ortho intramolecular Hbond substituents is 1. The predicted octanol–water partition coefficient (Wildman–Crippen LogP) is 4.25. The molecule has 0 heterocycles. The molecule has 112 valence electrons. The molecule has 0 amide bonds. The number of benzene rings is 2. The summed E-state index contributed by atoms with van der Waals surface area (Å²) in [5.74, 6) is 0.0379. The minimum Gasteiger partial charge on any atom is -0.507 e. The summed E-state index contributed by atoms with van der Waals surface area (Å²) in [6.07, 6.45) is 2.50. The van der Waals surface area contributed by atoms with E-state index in [-0.39, 0.29) is 23.2 Å². The normalized spacial score (nSPS) is 17.0. The molecule has 4 heteroatoms. The number of carbonyl (C=O) groups excluding carboxylic acids is 2. The highest BCUT2D eigenvalue weighted by atomic mass is 79.9. The van der Waals surface area contributed by atoms with E-state index in [0.717, 1.165) is 21.0 Å². The lowest BCUT2D eigenvalue weighted by atomic mass is 9.84. The Bertz CT molecular complexity index is 849. The van der Waals surface area contributed by atoms with Gasteiger partial charge in [0.2, 0.25) is 0 Å². The van der Waals surface area contributed by atoms with Crippen LogP contribution in [-0.2, 0) is 11.2 Å². The number of hydrogen-bond acceptors (Lipinski definition) is 3. The molecule has 0 fully saturated rings. The van der Waals surface area contributed by atoms with Gasteiger partial charge in [-0.3, -0.25) is 9.59 Å². The molecule has 0 saturated carbocycles. The summed E-state index contributed by atoms with van der Waals surface area (Å²) in [5, 5.41) is 11.8. The van der Waals surface area contributed by atoms with Crippen LogP contribution in [0.15, 0.2) is 30.3 Å². The predicted molar refractivity (Wildman–Crippen MR) is 90.4 cm³/mol. The van der Waals surface area contributed by atoms with Crippen LogP contribution in [0, 0.1) is 5.92 Å². The highest BCUT2D eigenvalue weighted by molar-refractivity contribution is 9.15. The van der Waals surface area contributed by atoms with Crippen molar-refractivity contribution < 1.29 is 14.7 Å². The van der Waals surface area contributed by atoms with Crippen LogP contribution >= 0.6 is 15.9 Å². The Morgan fingerprint density at radius 1 is 1.18 bits per heavy atom. The SMILES string of the molecule is CC(=O)c1ccc2c3c(cc(O)c2c1)CC(C(C)=O)C=C3Br. The van der Waals surface area contributed by atoms with E-state index in [2.05, 4.69) is 15.9 Å². The van der Waals surface area contributed by atoms with Crippen molar-refractivity contribution in [1.82, 2.24) is 0 Å². The smallest absolute Gasteiger partial charge is 0.159 e. The monoisotopic (exact) mass is 358 g/mol. The third-order valence-electron chi connectivity index (χ3n) is 4.15. The lowest BCUT2D eigenvalue weighted by Crippen LogP contribution is -2.16. The first kappa shape index (κ1) is 15.0. The van der Waals surface area contributed by atoms with E-state index in [1.807, 2.05) is 12.1 Å². The van der Waals surface area contributed by atoms with Crippen LogP contribution in [0.25, 0.3) is 15.3 Å². The first-order valence-corrected chi connectivity index (χ1v) is 7.85. The number of ketones is 2. The van der Waals surface area contributed by atoms with Crippen molar-refractivity contribution >= 4 is 42.8 Å². The van der Waals surface area contributed by atoms with E-state index in [1.165, 1.54) is 6.92 Å².